The van der Waals surface area contributed by atoms with E-state index in [0.29, 0.717) is 5.92 Å². The third-order valence-electron chi connectivity index (χ3n) is 4.79. The fraction of sp³-hybridized carbons (Fsp3) is 0.833. The lowest BCUT2D eigenvalue weighted by Crippen LogP contribution is -2.36. The van der Waals surface area contributed by atoms with Crippen LogP contribution in [0.25, 0.3) is 0 Å². The van der Waals surface area contributed by atoms with Gasteiger partial charge in [-0.25, -0.2) is 4.98 Å². The predicted molar refractivity (Wildman–Crippen MR) is 92.9 cm³/mol. The zero-order valence-corrected chi connectivity index (χ0v) is 14.7. The van der Waals surface area contributed by atoms with Gasteiger partial charge >= 0.3 is 0 Å². The highest BCUT2D eigenvalue weighted by Gasteiger charge is 2.30. The lowest BCUT2D eigenvalue weighted by atomic mass is 9.87. The second-order valence-corrected chi connectivity index (χ2v) is 7.93. The van der Waals surface area contributed by atoms with Crippen molar-refractivity contribution in [1.82, 2.24) is 4.98 Å². The molecule has 1 aliphatic carbocycles. The van der Waals surface area contributed by atoms with Crippen LogP contribution >= 0.6 is 11.3 Å². The second kappa shape index (κ2) is 8.28. The Hall–Kier alpha value is -0.410. The van der Waals surface area contributed by atoms with Crippen LogP contribution < -0.4 is 5.73 Å². The van der Waals surface area contributed by atoms with Crippen LogP contribution in [0.5, 0.6) is 0 Å². The topological polar surface area (TPSA) is 38.9 Å². The van der Waals surface area contributed by atoms with Gasteiger partial charge in [0, 0.05) is 5.38 Å². The lowest BCUT2D eigenvalue weighted by Gasteiger charge is -2.28. The van der Waals surface area contributed by atoms with Crippen LogP contribution in [0.1, 0.15) is 101 Å². The van der Waals surface area contributed by atoms with Gasteiger partial charge in [0.1, 0.15) is 5.01 Å². The van der Waals surface area contributed by atoms with Gasteiger partial charge in [0.2, 0.25) is 0 Å². The van der Waals surface area contributed by atoms with Crippen LogP contribution in [-0.2, 0) is 5.54 Å². The summed E-state index contributed by atoms with van der Waals surface area (Å²) in [4.78, 5) is 4.87. The van der Waals surface area contributed by atoms with E-state index >= 15 is 0 Å². The summed E-state index contributed by atoms with van der Waals surface area (Å²) in [6.07, 6.45) is 14.4. The molecule has 0 aliphatic heterocycles. The van der Waals surface area contributed by atoms with Crippen molar-refractivity contribution in [3.63, 3.8) is 0 Å². The van der Waals surface area contributed by atoms with Crippen molar-refractivity contribution in [3.05, 3.63) is 16.1 Å². The smallest absolute Gasteiger partial charge is 0.113 e. The fourth-order valence-corrected chi connectivity index (χ4v) is 4.39. The van der Waals surface area contributed by atoms with Gasteiger partial charge in [-0.15, -0.1) is 11.3 Å². The Morgan fingerprint density at radius 2 is 1.43 bits per heavy atom. The maximum atomic E-state index is 6.82. The Labute approximate surface area is 134 Å². The Kier molecular flexibility index (Phi) is 6.69. The van der Waals surface area contributed by atoms with Crippen LogP contribution in [0.15, 0.2) is 5.38 Å². The third-order valence-corrected chi connectivity index (χ3v) is 5.87. The first-order valence-corrected chi connectivity index (χ1v) is 9.74. The van der Waals surface area contributed by atoms with E-state index in [4.69, 9.17) is 10.7 Å². The molecule has 2 N–H and O–H groups in total. The van der Waals surface area contributed by atoms with Gasteiger partial charge in [0.25, 0.3) is 0 Å². The van der Waals surface area contributed by atoms with Gasteiger partial charge in [-0.2, -0.15) is 0 Å². The van der Waals surface area contributed by atoms with E-state index in [9.17, 15) is 0 Å². The van der Waals surface area contributed by atoms with E-state index in [2.05, 4.69) is 19.2 Å². The Bertz CT molecular complexity index is 399. The number of thiazole rings is 1. The van der Waals surface area contributed by atoms with Crippen molar-refractivity contribution in [2.24, 2.45) is 5.73 Å². The molecule has 0 saturated heterocycles. The number of hydrogen-bond acceptors (Lipinski definition) is 3. The van der Waals surface area contributed by atoms with Crippen molar-refractivity contribution in [2.45, 2.75) is 95.9 Å². The molecule has 0 bridgehead atoms. The minimum absolute atomic E-state index is 0.170. The molecule has 1 saturated carbocycles. The predicted octanol–water partition coefficient (Wildman–Crippen LogP) is 5.73. The highest BCUT2D eigenvalue weighted by molar-refractivity contribution is 7.09. The van der Waals surface area contributed by atoms with Crippen molar-refractivity contribution in [2.75, 3.05) is 0 Å². The van der Waals surface area contributed by atoms with Crippen molar-refractivity contribution < 1.29 is 0 Å². The highest BCUT2D eigenvalue weighted by atomic mass is 32.1. The molecule has 1 fully saturated rings. The highest BCUT2D eigenvalue weighted by Crippen LogP contribution is 2.34. The van der Waals surface area contributed by atoms with Crippen molar-refractivity contribution in [1.29, 1.82) is 0 Å². The quantitative estimate of drug-likeness (QED) is 0.758. The van der Waals surface area contributed by atoms with Crippen LogP contribution in [0.2, 0.25) is 0 Å². The molecule has 0 atom stereocenters. The van der Waals surface area contributed by atoms with Crippen LogP contribution in [0.3, 0.4) is 0 Å². The number of aromatic nitrogens is 1. The molecule has 0 unspecified atom stereocenters. The fourth-order valence-electron chi connectivity index (χ4n) is 3.24. The molecule has 0 amide bonds. The van der Waals surface area contributed by atoms with Crippen LogP contribution in [0, 0.1) is 0 Å². The van der Waals surface area contributed by atoms with Crippen LogP contribution in [-0.4, -0.2) is 4.98 Å². The molecule has 21 heavy (non-hydrogen) atoms. The standard InChI is InChI=1S/C18H32N2S/c1-15(2)16-14-21-17(20-16)18(19)12-10-8-6-4-3-5-7-9-11-13-18/h14-15H,3-13,19H2,1-2H3. The molecule has 1 aromatic rings. The molecule has 0 radical (unpaired) electrons. The maximum Gasteiger partial charge on any atom is 0.113 e. The molecule has 1 heterocycles. The molecule has 3 heteroatoms. The van der Waals surface area contributed by atoms with Gasteiger partial charge in [-0.1, -0.05) is 71.6 Å². The van der Waals surface area contributed by atoms with E-state index < -0.39 is 0 Å². The summed E-state index contributed by atoms with van der Waals surface area (Å²) < 4.78 is 0. The van der Waals surface area contributed by atoms with Gasteiger partial charge < -0.3 is 5.73 Å². The van der Waals surface area contributed by atoms with E-state index in [1.54, 1.807) is 11.3 Å². The Morgan fingerprint density at radius 3 is 1.86 bits per heavy atom. The van der Waals surface area contributed by atoms with Gasteiger partial charge in [0.05, 0.1) is 11.2 Å². The summed E-state index contributed by atoms with van der Waals surface area (Å²) >= 11 is 1.78. The number of nitrogens with two attached hydrogens (primary N) is 1. The maximum absolute atomic E-state index is 6.82. The third kappa shape index (κ3) is 5.07. The average Bonchev–Trinajstić information content (AvgIpc) is 2.93. The summed E-state index contributed by atoms with van der Waals surface area (Å²) in [6, 6.07) is 0. The largest absolute Gasteiger partial charge is 0.319 e. The minimum atomic E-state index is -0.170. The Balaban J connectivity index is 2.05. The van der Waals surface area contributed by atoms with E-state index in [0.717, 1.165) is 12.8 Å². The average molecular weight is 309 g/mol. The van der Waals surface area contributed by atoms with Crippen molar-refractivity contribution >= 4 is 11.3 Å². The van der Waals surface area contributed by atoms with Crippen molar-refractivity contribution in [3.8, 4) is 0 Å². The Morgan fingerprint density at radius 1 is 0.952 bits per heavy atom. The monoisotopic (exact) mass is 308 g/mol. The summed E-state index contributed by atoms with van der Waals surface area (Å²) in [5.74, 6) is 0.504. The molecular formula is C18H32N2S. The molecule has 120 valence electrons. The molecule has 2 rings (SSSR count). The van der Waals surface area contributed by atoms with Gasteiger partial charge in [-0.05, 0) is 18.8 Å². The van der Waals surface area contributed by atoms with E-state index in [1.165, 1.54) is 68.5 Å². The number of rotatable bonds is 2. The summed E-state index contributed by atoms with van der Waals surface area (Å²) in [5.41, 5.74) is 7.87. The zero-order chi connectivity index (χ0) is 15.1. The van der Waals surface area contributed by atoms with Gasteiger partial charge in [0.15, 0.2) is 0 Å². The molecular weight excluding hydrogens is 276 g/mol. The number of hydrogen-bond donors (Lipinski definition) is 1. The van der Waals surface area contributed by atoms with Crippen LogP contribution in [0.4, 0.5) is 0 Å². The van der Waals surface area contributed by atoms with E-state index in [1.807, 2.05) is 0 Å². The SMILES string of the molecule is CC(C)c1csc(C2(N)CCCCCCCCCCC2)n1. The molecule has 0 aromatic carbocycles. The molecule has 1 aliphatic rings. The first kappa shape index (κ1) is 17.0. The minimum Gasteiger partial charge on any atom is -0.319 e. The second-order valence-electron chi connectivity index (χ2n) is 7.07. The zero-order valence-electron chi connectivity index (χ0n) is 13.9. The number of nitrogens with zero attached hydrogens (tertiary/aromatic N) is 1. The summed E-state index contributed by atoms with van der Waals surface area (Å²) in [5, 5.41) is 3.40. The lowest BCUT2D eigenvalue weighted by molar-refractivity contribution is 0.337. The molecule has 2 nitrogen and oxygen atoms in total. The summed E-state index contributed by atoms with van der Waals surface area (Å²) in [7, 11) is 0. The van der Waals surface area contributed by atoms with Gasteiger partial charge in [-0.3, -0.25) is 0 Å². The molecule has 0 spiro atoms. The normalized spacial score (nSPS) is 21.7. The summed E-state index contributed by atoms with van der Waals surface area (Å²) in [6.45, 7) is 4.42. The first-order chi connectivity index (χ1) is 10.1. The molecule has 1 aromatic heterocycles. The van der Waals surface area contributed by atoms with E-state index in [-0.39, 0.29) is 5.54 Å². The first-order valence-electron chi connectivity index (χ1n) is 8.86.